The fourth-order valence-corrected chi connectivity index (χ4v) is 7.18. The third-order valence-corrected chi connectivity index (χ3v) is 8.04. The monoisotopic (exact) mass is 518 g/mol. The number of alkyl halides is 6. The Morgan fingerprint density at radius 3 is 1.36 bits per heavy atom. The largest absolute Gasteiger partial charge is 0.573 e. The summed E-state index contributed by atoms with van der Waals surface area (Å²) in [5, 5.41) is 20.4. The number of hydrogen-bond donors (Lipinski definition) is 4. The van der Waals surface area contributed by atoms with E-state index in [1.807, 2.05) is 0 Å². The molecule has 0 unspecified atom stereocenters. The van der Waals surface area contributed by atoms with Crippen molar-refractivity contribution in [3.63, 3.8) is 0 Å². The maximum atomic E-state index is 13.1. The fourth-order valence-electron chi connectivity index (χ4n) is 7.18. The molecule has 4 aliphatic carbocycles. The zero-order valence-corrected chi connectivity index (χ0v) is 18.8. The van der Waals surface area contributed by atoms with E-state index in [0.29, 0.717) is 37.5 Å². The Hall–Kier alpha value is -3.18. The van der Waals surface area contributed by atoms with Gasteiger partial charge in [0.2, 0.25) is 0 Å². The Bertz CT molecular complexity index is 1100. The summed E-state index contributed by atoms with van der Waals surface area (Å²) in [4.78, 5) is 0. The lowest BCUT2D eigenvalue weighted by atomic mass is 9.42. The van der Waals surface area contributed by atoms with Gasteiger partial charge in [-0.25, -0.2) is 0 Å². The predicted octanol–water partition coefficient (Wildman–Crippen LogP) is 5.80. The Balaban J connectivity index is 1.75. The van der Waals surface area contributed by atoms with Crippen molar-refractivity contribution in [1.29, 1.82) is 0 Å². The topological polar surface area (TPSA) is 111 Å². The minimum atomic E-state index is -5.11. The molecule has 0 aromatic heterocycles. The lowest BCUT2D eigenvalue weighted by Gasteiger charge is -2.62. The lowest BCUT2D eigenvalue weighted by Crippen LogP contribution is -2.56. The molecule has 4 saturated carbocycles. The molecule has 4 aliphatic rings. The normalized spacial score (nSPS) is 26.7. The molecule has 4 fully saturated rings. The number of phenols is 2. The van der Waals surface area contributed by atoms with E-state index in [-0.39, 0.29) is 34.3 Å². The number of ether oxygens (including phenoxy) is 2. The second kappa shape index (κ2) is 7.91. The van der Waals surface area contributed by atoms with Gasteiger partial charge in [-0.3, -0.25) is 0 Å². The smallest absolute Gasteiger partial charge is 0.503 e. The highest BCUT2D eigenvalue weighted by Gasteiger charge is 2.59. The minimum Gasteiger partial charge on any atom is -0.503 e. The number of hydrogen-bond acceptors (Lipinski definition) is 6. The lowest BCUT2D eigenvalue weighted by molar-refractivity contribution is -0.276. The third kappa shape index (κ3) is 4.00. The number of halogens is 6. The molecular weight excluding hydrogens is 494 g/mol. The zero-order chi connectivity index (χ0) is 26.2. The Morgan fingerprint density at radius 2 is 1.03 bits per heavy atom. The highest BCUT2D eigenvalue weighted by Crippen LogP contribution is 2.66. The molecule has 0 heterocycles. The standard InChI is InChI=1S/C24H24F6N2O4/c25-23(26,27)35-18-8-14(6-16(31)20(18)33)22(12-2-10-1-11(4-12)5-13(22)3-10)15-7-17(32)21(34)19(9-15)36-24(28,29)30/h6-13,33-34H,1-5,31-32H2. The van der Waals surface area contributed by atoms with Crippen LogP contribution in [0.1, 0.15) is 43.2 Å². The van der Waals surface area contributed by atoms with Gasteiger partial charge in [0.05, 0.1) is 11.4 Å². The van der Waals surface area contributed by atoms with E-state index >= 15 is 0 Å². The molecule has 2 aromatic rings. The van der Waals surface area contributed by atoms with Crippen LogP contribution in [0.4, 0.5) is 37.7 Å². The Kier molecular flexibility index (Phi) is 5.38. The van der Waals surface area contributed by atoms with E-state index in [1.165, 1.54) is 12.1 Å². The second-order valence-corrected chi connectivity index (χ2v) is 10.1. The first-order chi connectivity index (χ1) is 16.7. The van der Waals surface area contributed by atoms with Gasteiger partial charge in [-0.1, -0.05) is 0 Å². The van der Waals surface area contributed by atoms with Crippen molar-refractivity contribution in [3.05, 3.63) is 35.4 Å². The fraction of sp³-hybridized carbons (Fsp3) is 0.500. The summed E-state index contributed by atoms with van der Waals surface area (Å²) in [7, 11) is 0. The highest BCUT2D eigenvalue weighted by atomic mass is 19.4. The van der Waals surface area contributed by atoms with Crippen LogP contribution in [-0.4, -0.2) is 22.9 Å². The number of rotatable bonds is 4. The number of benzene rings is 2. The average molecular weight is 518 g/mol. The number of anilines is 2. The molecule has 0 aliphatic heterocycles. The van der Waals surface area contributed by atoms with Gasteiger partial charge in [-0.05, 0) is 91.2 Å². The molecule has 36 heavy (non-hydrogen) atoms. The molecule has 6 nitrogen and oxygen atoms in total. The van der Waals surface area contributed by atoms with Gasteiger partial charge in [0.25, 0.3) is 0 Å². The van der Waals surface area contributed by atoms with Crippen molar-refractivity contribution in [1.82, 2.24) is 0 Å². The Labute approximate surface area is 201 Å². The van der Waals surface area contributed by atoms with Crippen molar-refractivity contribution < 1.29 is 46.0 Å². The SMILES string of the molecule is Nc1cc(C2(c3cc(N)c(O)c(OC(F)(F)F)c3)C3CC4CC(C3)CC2C4)cc(OC(F)(F)F)c1O. The van der Waals surface area contributed by atoms with Gasteiger partial charge >= 0.3 is 12.7 Å². The second-order valence-electron chi connectivity index (χ2n) is 10.1. The molecule has 196 valence electrons. The van der Waals surface area contributed by atoms with Crippen LogP contribution in [0.2, 0.25) is 0 Å². The summed E-state index contributed by atoms with van der Waals surface area (Å²) in [6.07, 6.45) is -6.37. The van der Waals surface area contributed by atoms with Crippen LogP contribution in [0.5, 0.6) is 23.0 Å². The first-order valence-electron chi connectivity index (χ1n) is 11.4. The third-order valence-electron chi connectivity index (χ3n) is 8.04. The maximum Gasteiger partial charge on any atom is 0.573 e. The van der Waals surface area contributed by atoms with Crippen molar-refractivity contribution >= 4 is 11.4 Å². The molecule has 6 N–H and O–H groups in total. The molecule has 2 aromatic carbocycles. The molecule has 0 atom stereocenters. The Morgan fingerprint density at radius 1 is 0.667 bits per heavy atom. The maximum absolute atomic E-state index is 13.1. The van der Waals surface area contributed by atoms with Gasteiger partial charge in [0, 0.05) is 5.41 Å². The summed E-state index contributed by atoms with van der Waals surface area (Å²) in [5.74, 6) is -3.10. The number of phenolic OH excluding ortho intramolecular Hbond substituents is 2. The number of aromatic hydroxyl groups is 2. The number of nitrogens with two attached hydrogens (primary N) is 2. The summed E-state index contributed by atoms with van der Waals surface area (Å²) in [6, 6.07) is 4.78. The molecule has 0 saturated heterocycles. The summed E-state index contributed by atoms with van der Waals surface area (Å²) < 4.78 is 86.7. The zero-order valence-electron chi connectivity index (χ0n) is 18.8. The van der Waals surface area contributed by atoms with E-state index in [4.69, 9.17) is 11.5 Å². The van der Waals surface area contributed by atoms with E-state index in [0.717, 1.165) is 18.6 Å². The number of nitrogen functional groups attached to an aromatic ring is 2. The van der Waals surface area contributed by atoms with Crippen LogP contribution in [0, 0.1) is 23.7 Å². The minimum absolute atomic E-state index is 0.154. The van der Waals surface area contributed by atoms with Crippen LogP contribution in [-0.2, 0) is 5.41 Å². The van der Waals surface area contributed by atoms with Crippen molar-refractivity contribution in [2.45, 2.75) is 50.2 Å². The van der Waals surface area contributed by atoms with Crippen molar-refractivity contribution in [2.75, 3.05) is 11.5 Å². The van der Waals surface area contributed by atoms with Crippen LogP contribution in [0.3, 0.4) is 0 Å². The molecule has 0 radical (unpaired) electrons. The predicted molar refractivity (Wildman–Crippen MR) is 116 cm³/mol. The molecular formula is C24H24F6N2O4. The molecule has 0 amide bonds. The molecule has 4 bridgehead atoms. The first kappa shape index (κ1) is 24.5. The molecule has 12 heteroatoms. The van der Waals surface area contributed by atoms with Gasteiger partial charge in [-0.15, -0.1) is 26.3 Å². The van der Waals surface area contributed by atoms with E-state index < -0.39 is 41.1 Å². The first-order valence-corrected chi connectivity index (χ1v) is 11.4. The van der Waals surface area contributed by atoms with Crippen LogP contribution in [0.25, 0.3) is 0 Å². The quantitative estimate of drug-likeness (QED) is 0.231. The van der Waals surface area contributed by atoms with Gasteiger partial charge in [0.15, 0.2) is 23.0 Å². The van der Waals surface area contributed by atoms with Gasteiger partial charge in [0.1, 0.15) is 0 Å². The van der Waals surface area contributed by atoms with E-state index in [2.05, 4.69) is 9.47 Å². The highest BCUT2D eigenvalue weighted by molar-refractivity contribution is 5.67. The molecule has 6 rings (SSSR count). The van der Waals surface area contributed by atoms with E-state index in [1.54, 1.807) is 0 Å². The summed E-state index contributed by atoms with van der Waals surface area (Å²) >= 11 is 0. The molecule has 0 spiro atoms. The summed E-state index contributed by atoms with van der Waals surface area (Å²) in [5.41, 5.74) is 10.5. The van der Waals surface area contributed by atoms with Crippen molar-refractivity contribution in [3.8, 4) is 23.0 Å². The summed E-state index contributed by atoms with van der Waals surface area (Å²) in [6.45, 7) is 0. The van der Waals surface area contributed by atoms with Crippen molar-refractivity contribution in [2.24, 2.45) is 23.7 Å². The van der Waals surface area contributed by atoms with Crippen LogP contribution in [0.15, 0.2) is 24.3 Å². The van der Waals surface area contributed by atoms with Crippen LogP contribution < -0.4 is 20.9 Å². The van der Waals surface area contributed by atoms with Gasteiger partial charge < -0.3 is 31.2 Å². The van der Waals surface area contributed by atoms with Gasteiger partial charge in [-0.2, -0.15) is 0 Å². The average Bonchev–Trinajstić information content (AvgIpc) is 2.72. The van der Waals surface area contributed by atoms with Crippen LogP contribution >= 0.6 is 0 Å². The van der Waals surface area contributed by atoms with E-state index in [9.17, 15) is 36.6 Å².